The van der Waals surface area contributed by atoms with E-state index in [2.05, 4.69) is 29.4 Å². The fourth-order valence-corrected chi connectivity index (χ4v) is 2.62. The van der Waals surface area contributed by atoms with Crippen LogP contribution in [0.1, 0.15) is 26.7 Å². The van der Waals surface area contributed by atoms with E-state index in [-0.39, 0.29) is 5.91 Å². The van der Waals surface area contributed by atoms with Gasteiger partial charge in [-0.2, -0.15) is 0 Å². The van der Waals surface area contributed by atoms with Gasteiger partial charge in [0.05, 0.1) is 6.54 Å². The molecule has 0 spiro atoms. The third-order valence-corrected chi connectivity index (χ3v) is 3.83. The van der Waals surface area contributed by atoms with Crippen LogP contribution in [0.15, 0.2) is 0 Å². The van der Waals surface area contributed by atoms with Gasteiger partial charge in [-0.05, 0) is 26.7 Å². The Labute approximate surface area is 109 Å². The number of carbonyl (C=O) groups is 1. The van der Waals surface area contributed by atoms with E-state index in [1.54, 1.807) is 0 Å². The smallest absolute Gasteiger partial charge is 0.234 e. The summed E-state index contributed by atoms with van der Waals surface area (Å²) in [6, 6.07) is 1.21. The predicted octanol–water partition coefficient (Wildman–Crippen LogP) is -0.0362. The lowest BCUT2D eigenvalue weighted by Crippen LogP contribution is -2.57. The first-order valence-corrected chi connectivity index (χ1v) is 6.99. The number of piperazine rings is 1. The number of ether oxygens (including phenoxy) is 1. The van der Waals surface area contributed by atoms with Crippen LogP contribution in [0.25, 0.3) is 0 Å². The number of hydrogen-bond acceptors (Lipinski definition) is 4. The zero-order valence-corrected chi connectivity index (χ0v) is 11.4. The molecule has 5 nitrogen and oxygen atoms in total. The molecular formula is C13H25N3O2. The summed E-state index contributed by atoms with van der Waals surface area (Å²) in [5.74, 6) is 0.155. The summed E-state index contributed by atoms with van der Waals surface area (Å²) in [5.41, 5.74) is 0. The second-order valence-corrected chi connectivity index (χ2v) is 5.54. The highest BCUT2D eigenvalue weighted by Gasteiger charge is 2.25. The first-order valence-electron chi connectivity index (χ1n) is 6.99. The molecule has 2 aliphatic rings. The van der Waals surface area contributed by atoms with E-state index in [1.165, 1.54) is 0 Å². The Kier molecular flexibility index (Phi) is 4.97. The van der Waals surface area contributed by atoms with Crippen LogP contribution in [0.5, 0.6) is 0 Å². The van der Waals surface area contributed by atoms with E-state index in [1.807, 2.05) is 0 Å². The monoisotopic (exact) mass is 255 g/mol. The average molecular weight is 255 g/mol. The molecule has 0 aromatic rings. The maximum absolute atomic E-state index is 12.0. The van der Waals surface area contributed by atoms with Gasteiger partial charge in [0.1, 0.15) is 0 Å². The van der Waals surface area contributed by atoms with Crippen LogP contribution >= 0.6 is 0 Å². The van der Waals surface area contributed by atoms with Gasteiger partial charge >= 0.3 is 0 Å². The van der Waals surface area contributed by atoms with E-state index in [0.717, 1.165) is 39.1 Å². The van der Waals surface area contributed by atoms with Crippen molar-refractivity contribution in [1.29, 1.82) is 0 Å². The third kappa shape index (κ3) is 3.93. The molecule has 0 radical (unpaired) electrons. The molecular weight excluding hydrogens is 230 g/mol. The summed E-state index contributed by atoms with van der Waals surface area (Å²) in [6.45, 7) is 8.30. The van der Waals surface area contributed by atoms with Crippen LogP contribution in [-0.2, 0) is 9.53 Å². The largest absolute Gasteiger partial charge is 0.381 e. The summed E-state index contributed by atoms with van der Waals surface area (Å²) in [4.78, 5) is 14.3. The minimum Gasteiger partial charge on any atom is -0.381 e. The van der Waals surface area contributed by atoms with Crippen molar-refractivity contribution in [1.82, 2.24) is 15.5 Å². The van der Waals surface area contributed by atoms with Gasteiger partial charge in [0.15, 0.2) is 0 Å². The molecule has 2 saturated heterocycles. The molecule has 0 saturated carbocycles. The molecule has 104 valence electrons. The Bertz CT molecular complexity index is 279. The summed E-state index contributed by atoms with van der Waals surface area (Å²) >= 11 is 0. The SMILES string of the molecule is CC1CN(CC(=O)NC2CCOCC2)C(C)CN1. The van der Waals surface area contributed by atoms with Gasteiger partial charge in [0, 0.05) is 44.4 Å². The first kappa shape index (κ1) is 13.8. The van der Waals surface area contributed by atoms with Crippen LogP contribution < -0.4 is 10.6 Å². The van der Waals surface area contributed by atoms with Gasteiger partial charge in [0.2, 0.25) is 5.91 Å². The summed E-state index contributed by atoms with van der Waals surface area (Å²) in [7, 11) is 0. The van der Waals surface area contributed by atoms with Crippen LogP contribution in [0.4, 0.5) is 0 Å². The molecule has 0 aromatic heterocycles. The normalized spacial score (nSPS) is 31.2. The van der Waals surface area contributed by atoms with Crippen molar-refractivity contribution in [2.75, 3.05) is 32.8 Å². The lowest BCUT2D eigenvalue weighted by atomic mass is 10.1. The number of rotatable bonds is 3. The van der Waals surface area contributed by atoms with Gasteiger partial charge in [-0.1, -0.05) is 0 Å². The average Bonchev–Trinajstić information content (AvgIpc) is 2.35. The highest BCUT2D eigenvalue weighted by molar-refractivity contribution is 5.78. The fraction of sp³-hybridized carbons (Fsp3) is 0.923. The molecule has 1 amide bonds. The number of nitrogens with zero attached hydrogens (tertiary/aromatic N) is 1. The minimum absolute atomic E-state index is 0.155. The number of hydrogen-bond donors (Lipinski definition) is 2. The van der Waals surface area contributed by atoms with Crippen molar-refractivity contribution in [3.63, 3.8) is 0 Å². The standard InChI is InChI=1S/C13H25N3O2/c1-10-8-16(11(2)7-14-10)9-13(17)15-12-3-5-18-6-4-12/h10-12,14H,3-9H2,1-2H3,(H,15,17). The molecule has 2 atom stereocenters. The third-order valence-electron chi connectivity index (χ3n) is 3.83. The van der Waals surface area contributed by atoms with Crippen molar-refractivity contribution >= 4 is 5.91 Å². The molecule has 0 aliphatic carbocycles. The maximum Gasteiger partial charge on any atom is 0.234 e. The van der Waals surface area contributed by atoms with E-state index < -0.39 is 0 Å². The second kappa shape index (κ2) is 6.50. The van der Waals surface area contributed by atoms with Gasteiger partial charge < -0.3 is 15.4 Å². The Morgan fingerprint density at radius 2 is 2.11 bits per heavy atom. The molecule has 0 aromatic carbocycles. The fourth-order valence-electron chi connectivity index (χ4n) is 2.62. The summed E-state index contributed by atoms with van der Waals surface area (Å²) < 4.78 is 5.29. The van der Waals surface area contributed by atoms with Crippen molar-refractivity contribution in [3.05, 3.63) is 0 Å². The Morgan fingerprint density at radius 1 is 1.39 bits per heavy atom. The predicted molar refractivity (Wildman–Crippen MR) is 70.5 cm³/mol. The number of amides is 1. The maximum atomic E-state index is 12.0. The highest BCUT2D eigenvalue weighted by Crippen LogP contribution is 2.08. The van der Waals surface area contributed by atoms with E-state index in [0.29, 0.717) is 24.7 Å². The van der Waals surface area contributed by atoms with Crippen molar-refractivity contribution in [2.45, 2.75) is 44.8 Å². The molecule has 2 rings (SSSR count). The zero-order chi connectivity index (χ0) is 13.0. The van der Waals surface area contributed by atoms with Gasteiger partial charge in [-0.15, -0.1) is 0 Å². The van der Waals surface area contributed by atoms with Crippen molar-refractivity contribution < 1.29 is 9.53 Å². The Hall–Kier alpha value is -0.650. The molecule has 2 fully saturated rings. The minimum atomic E-state index is 0.155. The second-order valence-electron chi connectivity index (χ2n) is 5.54. The topological polar surface area (TPSA) is 53.6 Å². The van der Waals surface area contributed by atoms with E-state index in [4.69, 9.17) is 4.74 Å². The molecule has 2 unspecified atom stereocenters. The summed E-state index contributed by atoms with van der Waals surface area (Å²) in [6.07, 6.45) is 1.89. The Balaban J connectivity index is 1.75. The van der Waals surface area contributed by atoms with Crippen molar-refractivity contribution in [3.8, 4) is 0 Å². The van der Waals surface area contributed by atoms with Crippen LogP contribution in [0.2, 0.25) is 0 Å². The van der Waals surface area contributed by atoms with Gasteiger partial charge in [-0.3, -0.25) is 9.69 Å². The first-order chi connectivity index (χ1) is 8.65. The lowest BCUT2D eigenvalue weighted by molar-refractivity contribution is -0.124. The Morgan fingerprint density at radius 3 is 2.83 bits per heavy atom. The molecule has 5 heteroatoms. The number of carbonyl (C=O) groups excluding carboxylic acids is 1. The molecule has 2 aliphatic heterocycles. The molecule has 2 N–H and O–H groups in total. The summed E-state index contributed by atoms with van der Waals surface area (Å²) in [5, 5.41) is 6.55. The van der Waals surface area contributed by atoms with Crippen LogP contribution in [-0.4, -0.2) is 61.8 Å². The molecule has 2 heterocycles. The van der Waals surface area contributed by atoms with Gasteiger partial charge in [0.25, 0.3) is 0 Å². The van der Waals surface area contributed by atoms with Gasteiger partial charge in [-0.25, -0.2) is 0 Å². The lowest BCUT2D eigenvalue weighted by Gasteiger charge is -2.37. The van der Waals surface area contributed by atoms with E-state index >= 15 is 0 Å². The molecule has 0 bridgehead atoms. The van der Waals surface area contributed by atoms with Crippen LogP contribution in [0, 0.1) is 0 Å². The quantitative estimate of drug-likeness (QED) is 0.743. The zero-order valence-electron chi connectivity index (χ0n) is 11.4. The van der Waals surface area contributed by atoms with Crippen LogP contribution in [0.3, 0.4) is 0 Å². The van der Waals surface area contributed by atoms with Crippen molar-refractivity contribution in [2.24, 2.45) is 0 Å². The molecule has 18 heavy (non-hydrogen) atoms. The number of nitrogens with one attached hydrogen (secondary N) is 2. The highest BCUT2D eigenvalue weighted by atomic mass is 16.5. The van der Waals surface area contributed by atoms with E-state index in [9.17, 15) is 4.79 Å².